The van der Waals surface area contributed by atoms with Crippen LogP contribution in [0.5, 0.6) is 0 Å². The van der Waals surface area contributed by atoms with E-state index in [2.05, 4.69) is 26.1 Å². The van der Waals surface area contributed by atoms with Gasteiger partial charge < -0.3 is 5.32 Å². The van der Waals surface area contributed by atoms with Crippen LogP contribution in [0.1, 0.15) is 45.2 Å². The monoisotopic (exact) mass is 265 g/mol. The summed E-state index contributed by atoms with van der Waals surface area (Å²) < 4.78 is 1.55. The molecule has 0 amide bonds. The van der Waals surface area contributed by atoms with Crippen LogP contribution in [-0.2, 0) is 0 Å². The second-order valence-electron chi connectivity index (χ2n) is 3.68. The summed E-state index contributed by atoms with van der Waals surface area (Å²) in [6.07, 6.45) is 2.27. The SMILES string of the molecule is CCC(CC)NC(C)c1cc(Cl)sc1Cl. The summed E-state index contributed by atoms with van der Waals surface area (Å²) in [5.74, 6) is 0. The van der Waals surface area contributed by atoms with Gasteiger partial charge in [-0.05, 0) is 31.4 Å². The number of halogens is 2. The van der Waals surface area contributed by atoms with Crippen LogP contribution in [0.4, 0.5) is 0 Å². The lowest BCUT2D eigenvalue weighted by Crippen LogP contribution is -2.30. The molecule has 1 aromatic heterocycles. The number of thiophene rings is 1. The van der Waals surface area contributed by atoms with Gasteiger partial charge in [0.2, 0.25) is 0 Å². The molecule has 1 unspecified atom stereocenters. The summed E-state index contributed by atoms with van der Waals surface area (Å²) >= 11 is 13.5. The van der Waals surface area contributed by atoms with Crippen molar-refractivity contribution in [3.63, 3.8) is 0 Å². The predicted octanol–water partition coefficient (Wildman–Crippen LogP) is 4.89. The standard InChI is InChI=1S/C11H17Cl2NS/c1-4-8(5-2)14-7(3)9-6-10(12)15-11(9)13/h6-8,14H,4-5H2,1-3H3. The highest BCUT2D eigenvalue weighted by Gasteiger charge is 2.15. The maximum Gasteiger partial charge on any atom is 0.0991 e. The summed E-state index contributed by atoms with van der Waals surface area (Å²) in [4.78, 5) is 0. The van der Waals surface area contributed by atoms with E-state index in [0.717, 1.165) is 27.1 Å². The molecule has 0 aliphatic heterocycles. The van der Waals surface area contributed by atoms with Crippen molar-refractivity contribution in [1.82, 2.24) is 5.32 Å². The molecule has 0 aliphatic carbocycles. The van der Waals surface area contributed by atoms with Crippen molar-refractivity contribution >= 4 is 34.5 Å². The highest BCUT2D eigenvalue weighted by atomic mass is 35.5. The van der Waals surface area contributed by atoms with Crippen molar-refractivity contribution in [2.75, 3.05) is 0 Å². The topological polar surface area (TPSA) is 12.0 Å². The number of hydrogen-bond acceptors (Lipinski definition) is 2. The summed E-state index contributed by atoms with van der Waals surface area (Å²) in [5.41, 5.74) is 1.11. The van der Waals surface area contributed by atoms with E-state index in [4.69, 9.17) is 23.2 Å². The lowest BCUT2D eigenvalue weighted by molar-refractivity contribution is 0.433. The van der Waals surface area contributed by atoms with Gasteiger partial charge in [0.15, 0.2) is 0 Å². The Morgan fingerprint density at radius 2 is 1.93 bits per heavy atom. The normalized spacial score (nSPS) is 13.5. The largest absolute Gasteiger partial charge is 0.307 e. The van der Waals surface area contributed by atoms with E-state index in [1.807, 2.05) is 6.07 Å². The first-order valence-corrected chi connectivity index (χ1v) is 6.86. The average Bonchev–Trinajstić information content (AvgIpc) is 2.54. The quantitative estimate of drug-likeness (QED) is 0.799. The van der Waals surface area contributed by atoms with Gasteiger partial charge in [-0.2, -0.15) is 0 Å². The summed E-state index contributed by atoms with van der Waals surface area (Å²) in [7, 11) is 0. The van der Waals surface area contributed by atoms with E-state index < -0.39 is 0 Å². The maximum absolute atomic E-state index is 6.10. The van der Waals surface area contributed by atoms with Crippen molar-refractivity contribution < 1.29 is 0 Å². The van der Waals surface area contributed by atoms with Crippen LogP contribution >= 0.6 is 34.5 Å². The molecular weight excluding hydrogens is 249 g/mol. The Kier molecular flexibility index (Phi) is 5.41. The minimum atomic E-state index is 0.270. The summed E-state index contributed by atoms with van der Waals surface area (Å²) in [6.45, 7) is 6.51. The van der Waals surface area contributed by atoms with Crippen LogP contribution in [0, 0.1) is 0 Å². The van der Waals surface area contributed by atoms with Gasteiger partial charge in [0.25, 0.3) is 0 Å². The lowest BCUT2D eigenvalue weighted by Gasteiger charge is -2.20. The molecule has 15 heavy (non-hydrogen) atoms. The molecule has 0 spiro atoms. The molecule has 86 valence electrons. The molecule has 1 N–H and O–H groups in total. The molecule has 0 aromatic carbocycles. The molecule has 4 heteroatoms. The van der Waals surface area contributed by atoms with Crippen LogP contribution < -0.4 is 5.32 Å². The fourth-order valence-electron chi connectivity index (χ4n) is 1.62. The van der Waals surface area contributed by atoms with Crippen LogP contribution in [0.15, 0.2) is 6.07 Å². The molecule has 0 fully saturated rings. The van der Waals surface area contributed by atoms with Crippen LogP contribution in [0.25, 0.3) is 0 Å². The molecule has 1 heterocycles. The van der Waals surface area contributed by atoms with Crippen molar-refractivity contribution in [1.29, 1.82) is 0 Å². The van der Waals surface area contributed by atoms with Gasteiger partial charge in [0.1, 0.15) is 0 Å². The molecule has 0 saturated heterocycles. The van der Waals surface area contributed by atoms with Gasteiger partial charge in [-0.1, -0.05) is 37.0 Å². The van der Waals surface area contributed by atoms with Gasteiger partial charge in [-0.25, -0.2) is 0 Å². The Morgan fingerprint density at radius 1 is 1.33 bits per heavy atom. The Balaban J connectivity index is 2.67. The van der Waals surface area contributed by atoms with Crippen molar-refractivity contribution in [3.8, 4) is 0 Å². The van der Waals surface area contributed by atoms with Gasteiger partial charge >= 0.3 is 0 Å². The number of rotatable bonds is 5. The second-order valence-corrected chi connectivity index (χ2v) is 5.97. The molecule has 1 nitrogen and oxygen atoms in total. The van der Waals surface area contributed by atoms with Crippen LogP contribution in [0.3, 0.4) is 0 Å². The molecule has 0 bridgehead atoms. The van der Waals surface area contributed by atoms with E-state index in [0.29, 0.717) is 6.04 Å². The minimum absolute atomic E-state index is 0.270. The van der Waals surface area contributed by atoms with Gasteiger partial charge in [0, 0.05) is 12.1 Å². The van der Waals surface area contributed by atoms with Crippen molar-refractivity contribution in [2.45, 2.75) is 45.7 Å². The molecule has 1 atom stereocenters. The van der Waals surface area contributed by atoms with E-state index >= 15 is 0 Å². The van der Waals surface area contributed by atoms with E-state index in [-0.39, 0.29) is 6.04 Å². The molecular formula is C11H17Cl2NS. The fraction of sp³-hybridized carbons (Fsp3) is 0.636. The average molecular weight is 266 g/mol. The molecule has 1 rings (SSSR count). The zero-order valence-corrected chi connectivity index (χ0v) is 11.6. The fourth-order valence-corrected chi connectivity index (χ4v) is 3.26. The third kappa shape index (κ3) is 3.63. The molecule has 1 aromatic rings. The highest BCUT2D eigenvalue weighted by Crippen LogP contribution is 2.35. The summed E-state index contributed by atoms with van der Waals surface area (Å²) in [6, 6.07) is 2.77. The smallest absolute Gasteiger partial charge is 0.0991 e. The Morgan fingerprint density at radius 3 is 2.33 bits per heavy atom. The lowest BCUT2D eigenvalue weighted by atomic mass is 10.1. The summed E-state index contributed by atoms with van der Waals surface area (Å²) in [5, 5.41) is 3.55. The molecule has 0 aliphatic rings. The van der Waals surface area contributed by atoms with Gasteiger partial charge in [-0.3, -0.25) is 0 Å². The zero-order valence-electron chi connectivity index (χ0n) is 9.31. The van der Waals surface area contributed by atoms with Crippen LogP contribution in [0.2, 0.25) is 8.67 Å². The Hall–Kier alpha value is 0.240. The zero-order chi connectivity index (χ0) is 11.4. The predicted molar refractivity (Wildman–Crippen MR) is 70.3 cm³/mol. The third-order valence-corrected chi connectivity index (χ3v) is 4.14. The van der Waals surface area contributed by atoms with Gasteiger partial charge in [-0.15, -0.1) is 11.3 Å². The van der Waals surface area contributed by atoms with Crippen LogP contribution in [-0.4, -0.2) is 6.04 Å². The Labute approximate surface area is 106 Å². The number of hydrogen-bond donors (Lipinski definition) is 1. The maximum atomic E-state index is 6.10. The first-order valence-electron chi connectivity index (χ1n) is 5.29. The van der Waals surface area contributed by atoms with E-state index in [9.17, 15) is 0 Å². The van der Waals surface area contributed by atoms with Crippen molar-refractivity contribution in [2.24, 2.45) is 0 Å². The molecule has 0 saturated carbocycles. The number of nitrogens with one attached hydrogen (secondary N) is 1. The third-order valence-electron chi connectivity index (χ3n) is 2.62. The van der Waals surface area contributed by atoms with E-state index in [1.165, 1.54) is 11.3 Å². The Bertz CT molecular complexity index is 308. The van der Waals surface area contributed by atoms with Crippen molar-refractivity contribution in [3.05, 3.63) is 20.3 Å². The first kappa shape index (κ1) is 13.3. The minimum Gasteiger partial charge on any atom is -0.307 e. The second kappa shape index (κ2) is 6.09. The highest BCUT2D eigenvalue weighted by molar-refractivity contribution is 7.20. The van der Waals surface area contributed by atoms with Gasteiger partial charge in [0.05, 0.1) is 8.67 Å². The first-order chi connectivity index (χ1) is 7.08. The van der Waals surface area contributed by atoms with E-state index in [1.54, 1.807) is 0 Å². The molecule has 0 radical (unpaired) electrons.